The van der Waals surface area contributed by atoms with Gasteiger partial charge < -0.3 is 14.5 Å². The number of fused-ring (bicyclic) bond motifs is 1. The van der Waals surface area contributed by atoms with Gasteiger partial charge in [0.2, 0.25) is 10.0 Å². The van der Waals surface area contributed by atoms with Gasteiger partial charge >= 0.3 is 0 Å². The van der Waals surface area contributed by atoms with Gasteiger partial charge in [0, 0.05) is 26.2 Å². The number of hydrogen-bond donors (Lipinski definition) is 0. The molecule has 0 spiro atoms. The molecule has 2 aliphatic rings. The summed E-state index contributed by atoms with van der Waals surface area (Å²) in [6.45, 7) is 1.19. The predicted octanol–water partition coefficient (Wildman–Crippen LogP) is 0.672. The molecule has 1 aliphatic carbocycles. The minimum Gasteiger partial charge on any atom is -0.385 e. The molecule has 1 amide bonds. The molecular formula is C19H27N5O5S. The molecular weight excluding hydrogens is 410 g/mol. The van der Waals surface area contributed by atoms with Gasteiger partial charge in [-0.05, 0) is 36.3 Å². The maximum atomic E-state index is 12.9. The third-order valence-corrected chi connectivity index (χ3v) is 7.72. The van der Waals surface area contributed by atoms with Crippen LogP contribution in [0.5, 0.6) is 0 Å². The highest BCUT2D eigenvalue weighted by Crippen LogP contribution is 2.22. The van der Waals surface area contributed by atoms with E-state index in [0.29, 0.717) is 37.3 Å². The Hall–Kier alpha value is -2.24. The normalized spacial score (nSPS) is 19.1. The summed E-state index contributed by atoms with van der Waals surface area (Å²) in [6, 6.07) is 4.82. The molecule has 164 valence electrons. The third kappa shape index (κ3) is 4.28. The molecule has 0 atom stereocenters. The summed E-state index contributed by atoms with van der Waals surface area (Å²) in [5.74, 6) is -0.136. The number of hydrogen-bond acceptors (Lipinski definition) is 7. The average molecular weight is 438 g/mol. The van der Waals surface area contributed by atoms with Crippen LogP contribution in [0, 0.1) is 0 Å². The van der Waals surface area contributed by atoms with Crippen molar-refractivity contribution in [3.05, 3.63) is 18.2 Å². The Kier molecular flexibility index (Phi) is 6.21. The number of aromatic nitrogens is 3. The first-order chi connectivity index (χ1) is 14.5. The Morgan fingerprint density at radius 3 is 2.70 bits per heavy atom. The monoisotopic (exact) mass is 437 g/mol. The number of nitrogens with zero attached hydrogens (tertiary/aromatic N) is 5. The van der Waals surface area contributed by atoms with Crippen molar-refractivity contribution in [3.63, 3.8) is 0 Å². The van der Waals surface area contributed by atoms with Gasteiger partial charge in [0.15, 0.2) is 6.61 Å². The smallest absolute Gasteiger partial charge is 0.263 e. The lowest BCUT2D eigenvalue weighted by atomic mass is 9.94. The summed E-state index contributed by atoms with van der Waals surface area (Å²) in [5, 5.41) is 7.92. The van der Waals surface area contributed by atoms with Crippen LogP contribution in [-0.4, -0.2) is 84.7 Å². The van der Waals surface area contributed by atoms with Crippen LogP contribution in [0.3, 0.4) is 0 Å². The summed E-state index contributed by atoms with van der Waals surface area (Å²) in [5.41, 5.74) is 0.890. The lowest BCUT2D eigenvalue weighted by Gasteiger charge is -2.31. The lowest BCUT2D eigenvalue weighted by Crippen LogP contribution is -2.42. The van der Waals surface area contributed by atoms with E-state index in [1.54, 1.807) is 18.0 Å². The van der Waals surface area contributed by atoms with Gasteiger partial charge in [-0.1, -0.05) is 24.1 Å². The number of rotatable bonds is 6. The molecule has 2 heterocycles. The number of likely N-dealkylation sites (N-methyl/N-ethyl adjacent to an activating group) is 1. The minimum atomic E-state index is -3.65. The Labute approximate surface area is 175 Å². The molecule has 30 heavy (non-hydrogen) atoms. The van der Waals surface area contributed by atoms with E-state index in [4.69, 9.17) is 9.57 Å². The van der Waals surface area contributed by atoms with Crippen LogP contribution >= 0.6 is 0 Å². The zero-order valence-corrected chi connectivity index (χ0v) is 17.9. The van der Waals surface area contributed by atoms with Crippen LogP contribution in [0.4, 0.5) is 0 Å². The van der Waals surface area contributed by atoms with E-state index >= 15 is 0 Å². The summed E-state index contributed by atoms with van der Waals surface area (Å²) >= 11 is 0. The Bertz CT molecular complexity index is 996. The van der Waals surface area contributed by atoms with Crippen molar-refractivity contribution in [3.8, 4) is 0 Å². The second-order valence-corrected chi connectivity index (χ2v) is 9.64. The maximum absolute atomic E-state index is 12.9. The van der Waals surface area contributed by atoms with Crippen molar-refractivity contribution in [1.82, 2.24) is 24.4 Å². The standard InChI is InChI=1S/C19H27N5O5S/c1-22(15-5-3-2-4-6-15)19(25)14-29-24-18-13-16(7-8-17(18)20-21-24)30(26,27)23-9-11-28-12-10-23/h7-8,13,15H,2-6,9-12,14H2,1H3. The second kappa shape index (κ2) is 8.86. The van der Waals surface area contributed by atoms with Crippen molar-refractivity contribution in [2.75, 3.05) is 40.0 Å². The molecule has 1 saturated carbocycles. The van der Waals surface area contributed by atoms with Gasteiger partial charge in [0.05, 0.1) is 18.1 Å². The van der Waals surface area contributed by atoms with Crippen molar-refractivity contribution in [2.45, 2.75) is 43.0 Å². The zero-order chi connectivity index (χ0) is 21.1. The largest absolute Gasteiger partial charge is 0.385 e. The van der Waals surface area contributed by atoms with E-state index in [1.165, 1.54) is 22.9 Å². The molecule has 2 fully saturated rings. The van der Waals surface area contributed by atoms with Gasteiger partial charge in [0.25, 0.3) is 5.91 Å². The Balaban J connectivity index is 1.48. The number of ether oxygens (including phenoxy) is 1. The van der Waals surface area contributed by atoms with Crippen LogP contribution in [-0.2, 0) is 19.6 Å². The van der Waals surface area contributed by atoms with Gasteiger partial charge in [-0.15, -0.1) is 5.10 Å². The van der Waals surface area contributed by atoms with Crippen molar-refractivity contribution in [2.24, 2.45) is 0 Å². The molecule has 1 aromatic carbocycles. The molecule has 1 saturated heterocycles. The zero-order valence-electron chi connectivity index (χ0n) is 17.1. The summed E-state index contributed by atoms with van der Waals surface area (Å²) < 4.78 is 32.5. The van der Waals surface area contributed by atoms with Crippen molar-refractivity contribution < 1.29 is 22.8 Å². The number of amides is 1. The topological polar surface area (TPSA) is 107 Å². The highest BCUT2D eigenvalue weighted by Gasteiger charge is 2.27. The molecule has 1 aliphatic heterocycles. The van der Waals surface area contributed by atoms with Crippen molar-refractivity contribution >= 4 is 27.0 Å². The van der Waals surface area contributed by atoms with E-state index in [1.807, 2.05) is 0 Å². The molecule has 11 heteroatoms. The number of sulfonamides is 1. The minimum absolute atomic E-state index is 0.134. The van der Waals surface area contributed by atoms with Gasteiger partial charge in [-0.3, -0.25) is 4.79 Å². The summed E-state index contributed by atoms with van der Waals surface area (Å²) in [4.78, 5) is 21.1. The van der Waals surface area contributed by atoms with Crippen LogP contribution in [0.25, 0.3) is 11.0 Å². The second-order valence-electron chi connectivity index (χ2n) is 7.70. The highest BCUT2D eigenvalue weighted by molar-refractivity contribution is 7.89. The summed E-state index contributed by atoms with van der Waals surface area (Å²) in [6.07, 6.45) is 5.51. The molecule has 1 aromatic heterocycles. The quantitative estimate of drug-likeness (QED) is 0.654. The van der Waals surface area contributed by atoms with Crippen molar-refractivity contribution in [1.29, 1.82) is 0 Å². The number of carbonyl (C=O) groups is 1. The molecule has 10 nitrogen and oxygen atoms in total. The molecule has 0 bridgehead atoms. The SMILES string of the molecule is CN(C(=O)COn1nnc2ccc(S(=O)(=O)N3CCOCC3)cc21)C1CCCCC1. The fraction of sp³-hybridized carbons (Fsp3) is 0.632. The van der Waals surface area contributed by atoms with E-state index < -0.39 is 10.0 Å². The third-order valence-electron chi connectivity index (χ3n) is 5.82. The fourth-order valence-electron chi connectivity index (χ4n) is 3.96. The van der Waals surface area contributed by atoms with Crippen LogP contribution in [0.15, 0.2) is 23.1 Å². The molecule has 0 radical (unpaired) electrons. The summed E-state index contributed by atoms with van der Waals surface area (Å²) in [7, 11) is -1.85. The predicted molar refractivity (Wildman–Crippen MR) is 108 cm³/mol. The Morgan fingerprint density at radius 1 is 1.23 bits per heavy atom. The number of carbonyl (C=O) groups excluding carboxylic acids is 1. The van der Waals surface area contributed by atoms with Crippen LogP contribution in [0.2, 0.25) is 0 Å². The van der Waals surface area contributed by atoms with Gasteiger partial charge in [-0.25, -0.2) is 8.42 Å². The molecule has 0 unspecified atom stereocenters. The first-order valence-electron chi connectivity index (χ1n) is 10.3. The fourth-order valence-corrected chi connectivity index (χ4v) is 5.39. The number of morpholine rings is 1. The average Bonchev–Trinajstić information content (AvgIpc) is 3.20. The Morgan fingerprint density at radius 2 is 1.97 bits per heavy atom. The van der Waals surface area contributed by atoms with E-state index in [2.05, 4.69) is 10.3 Å². The number of benzene rings is 1. The highest BCUT2D eigenvalue weighted by atomic mass is 32.2. The first-order valence-corrected chi connectivity index (χ1v) is 11.7. The maximum Gasteiger partial charge on any atom is 0.263 e. The van der Waals surface area contributed by atoms with Gasteiger partial charge in [0.1, 0.15) is 11.0 Å². The van der Waals surface area contributed by atoms with E-state index in [0.717, 1.165) is 30.5 Å². The van der Waals surface area contributed by atoms with E-state index in [-0.39, 0.29) is 23.5 Å². The molecule has 0 N–H and O–H groups in total. The molecule has 4 rings (SSSR count). The van der Waals surface area contributed by atoms with Gasteiger partial charge in [-0.2, -0.15) is 4.31 Å². The first kappa shape index (κ1) is 21.0. The molecule has 2 aromatic rings. The van der Waals surface area contributed by atoms with Crippen LogP contribution < -0.4 is 4.84 Å². The lowest BCUT2D eigenvalue weighted by molar-refractivity contribution is -0.138. The van der Waals surface area contributed by atoms with Crippen LogP contribution in [0.1, 0.15) is 32.1 Å². The van der Waals surface area contributed by atoms with E-state index in [9.17, 15) is 13.2 Å².